The van der Waals surface area contributed by atoms with Gasteiger partial charge in [0.1, 0.15) is 0 Å². The molecule has 116 valence electrons. The molecule has 3 rings (SSSR count). The van der Waals surface area contributed by atoms with Crippen LogP contribution < -0.4 is 28.2 Å². The van der Waals surface area contributed by atoms with Crippen molar-refractivity contribution in [1.82, 2.24) is 4.98 Å². The van der Waals surface area contributed by atoms with Gasteiger partial charge < -0.3 is 24.8 Å². The molecule has 0 spiro atoms. The minimum Gasteiger partial charge on any atom is -1.00 e. The number of rotatable bonds is 2. The van der Waals surface area contributed by atoms with Crippen molar-refractivity contribution in [2.45, 2.75) is 34.6 Å². The fourth-order valence-corrected chi connectivity index (χ4v) is 6.98. The van der Waals surface area contributed by atoms with Crippen LogP contribution in [0.25, 0.3) is 10.9 Å². The first kappa shape index (κ1) is 19.7. The van der Waals surface area contributed by atoms with Crippen LogP contribution in [0, 0.1) is 5.41 Å². The van der Waals surface area contributed by atoms with E-state index >= 15 is 0 Å². The molecule has 4 heteroatoms. The van der Waals surface area contributed by atoms with Crippen molar-refractivity contribution in [3.05, 3.63) is 50.3 Å². The van der Waals surface area contributed by atoms with Crippen LogP contribution in [0.2, 0.25) is 0 Å². The average Bonchev–Trinajstić information content (AvgIpc) is 2.89. The summed E-state index contributed by atoms with van der Waals surface area (Å²) in [7, 11) is 0. The Bertz CT molecular complexity index is 720. The van der Waals surface area contributed by atoms with Gasteiger partial charge in [0, 0.05) is 0 Å². The Morgan fingerprint density at radius 1 is 0.955 bits per heavy atom. The largest absolute Gasteiger partial charge is 1.00 e. The standard InChI is InChI=1S/C10H15.C8H6N.2ClH.Zr/c1-7-6-10(4,5)9(3)8(7)2;1-2-4-8-7(3-1)5-6-9-8;;;/h1-5H3;1-5,9H;2*1H;/q;;;;+2/p-2. The Kier molecular flexibility index (Phi) is 6.35. The molecule has 0 unspecified atom stereocenters. The van der Waals surface area contributed by atoms with E-state index in [0.717, 1.165) is 0 Å². The van der Waals surface area contributed by atoms with Crippen molar-refractivity contribution in [2.75, 3.05) is 0 Å². The van der Waals surface area contributed by atoms with Crippen LogP contribution in [0.1, 0.15) is 34.6 Å². The molecule has 1 aliphatic rings. The van der Waals surface area contributed by atoms with E-state index in [9.17, 15) is 0 Å². The van der Waals surface area contributed by atoms with Crippen LogP contribution in [0.5, 0.6) is 0 Å². The number of aromatic nitrogens is 1. The molecule has 1 nitrogen and oxygen atoms in total. The summed E-state index contributed by atoms with van der Waals surface area (Å²) in [5, 5.41) is 1.35. The molecule has 2 aromatic rings. The third-order valence-electron chi connectivity index (χ3n) is 4.85. The van der Waals surface area contributed by atoms with Gasteiger partial charge in [-0.2, -0.15) is 0 Å². The molecule has 0 bridgehead atoms. The Labute approximate surface area is 157 Å². The average molecular weight is 414 g/mol. The SMILES string of the molecule is CC1=C(C)C(C)(C)[C]([Zr+2][c]2cc3ccccc3[nH]2)=C1C.[Cl-].[Cl-]. The van der Waals surface area contributed by atoms with Gasteiger partial charge in [-0.15, -0.1) is 0 Å². The normalized spacial score (nSPS) is 16.4. The van der Waals surface area contributed by atoms with Gasteiger partial charge in [0.25, 0.3) is 0 Å². The first-order valence-corrected chi connectivity index (χ1v) is 9.61. The van der Waals surface area contributed by atoms with Gasteiger partial charge in [-0.25, -0.2) is 0 Å². The smallest absolute Gasteiger partial charge is 1.00 e. The van der Waals surface area contributed by atoms with Crippen LogP contribution in [-0.2, 0) is 23.2 Å². The van der Waals surface area contributed by atoms with Gasteiger partial charge in [-0.3, -0.25) is 0 Å². The van der Waals surface area contributed by atoms with E-state index in [1.54, 1.807) is 14.4 Å². The molecule has 0 saturated heterocycles. The fourth-order valence-electron chi connectivity index (χ4n) is 3.12. The zero-order valence-corrected chi connectivity index (χ0v) is 17.6. The third kappa shape index (κ3) is 3.16. The zero-order valence-electron chi connectivity index (χ0n) is 13.6. The van der Waals surface area contributed by atoms with Crippen LogP contribution in [-0.4, -0.2) is 4.98 Å². The Morgan fingerprint density at radius 2 is 1.59 bits per heavy atom. The number of nitrogens with one attached hydrogen (secondary N) is 1. The number of halogens is 2. The van der Waals surface area contributed by atoms with Crippen molar-refractivity contribution in [3.63, 3.8) is 0 Å². The summed E-state index contributed by atoms with van der Waals surface area (Å²) < 4.78 is 3.21. The summed E-state index contributed by atoms with van der Waals surface area (Å²) in [6.07, 6.45) is 0. The molecule has 1 aromatic heterocycles. The molecule has 1 aromatic carbocycles. The summed E-state index contributed by atoms with van der Waals surface area (Å²) in [6, 6.07) is 11.0. The number of hydrogen-bond acceptors (Lipinski definition) is 0. The summed E-state index contributed by atoms with van der Waals surface area (Å²) in [6.45, 7) is 11.7. The molecule has 0 amide bonds. The predicted octanol–water partition coefficient (Wildman–Crippen LogP) is -1.47. The second kappa shape index (κ2) is 7.08. The summed E-state index contributed by atoms with van der Waals surface area (Å²) >= 11 is -0.750. The van der Waals surface area contributed by atoms with Crippen LogP contribution in [0.4, 0.5) is 0 Å². The van der Waals surface area contributed by atoms with Gasteiger partial charge in [-0.05, 0) is 0 Å². The Hall–Kier alpha value is -0.297. The van der Waals surface area contributed by atoms with Crippen LogP contribution in [0.15, 0.2) is 50.3 Å². The number of aromatic amines is 1. The Morgan fingerprint density at radius 3 is 2.14 bits per heavy atom. The van der Waals surface area contributed by atoms with Crippen molar-refractivity contribution in [1.29, 1.82) is 0 Å². The summed E-state index contributed by atoms with van der Waals surface area (Å²) in [5.41, 5.74) is 6.16. The minimum atomic E-state index is -0.750. The zero-order chi connectivity index (χ0) is 14.5. The molecular weight excluding hydrogens is 392 g/mol. The molecular formula is C18H21Cl2NZr. The third-order valence-corrected chi connectivity index (χ3v) is 9.25. The number of allylic oxidation sites excluding steroid dienone is 4. The molecule has 1 aliphatic carbocycles. The quantitative estimate of drug-likeness (QED) is 0.619. The maximum atomic E-state index is 3.63. The van der Waals surface area contributed by atoms with Crippen LogP contribution in [0.3, 0.4) is 0 Å². The Balaban J connectivity index is 0.00000121. The number of hydrogen-bond donors (Lipinski definition) is 1. The number of H-pyrrole nitrogens is 1. The van der Waals surface area contributed by atoms with Gasteiger partial charge >= 0.3 is 133 Å². The van der Waals surface area contributed by atoms with E-state index in [4.69, 9.17) is 0 Å². The molecule has 1 heterocycles. The van der Waals surface area contributed by atoms with E-state index in [0.29, 0.717) is 0 Å². The molecule has 0 fully saturated rings. The number of fused-ring (bicyclic) bond motifs is 1. The van der Waals surface area contributed by atoms with Crippen molar-refractivity contribution in [3.8, 4) is 0 Å². The van der Waals surface area contributed by atoms with E-state index in [1.807, 2.05) is 0 Å². The van der Waals surface area contributed by atoms with E-state index in [1.165, 1.54) is 19.9 Å². The molecule has 1 N–H and O–H groups in total. The van der Waals surface area contributed by atoms with Crippen LogP contribution >= 0.6 is 0 Å². The maximum absolute atomic E-state index is 3.63. The topological polar surface area (TPSA) is 15.8 Å². The molecule has 0 saturated carbocycles. The summed E-state index contributed by atoms with van der Waals surface area (Å²) in [5.74, 6) is 0. The number of benzene rings is 1. The van der Waals surface area contributed by atoms with E-state index < -0.39 is 23.2 Å². The van der Waals surface area contributed by atoms with E-state index in [-0.39, 0.29) is 30.2 Å². The van der Waals surface area contributed by atoms with Crippen molar-refractivity contribution >= 4 is 14.3 Å². The minimum absolute atomic E-state index is 0. The molecule has 22 heavy (non-hydrogen) atoms. The van der Waals surface area contributed by atoms with Crippen molar-refractivity contribution in [2.24, 2.45) is 5.41 Å². The second-order valence-corrected chi connectivity index (χ2v) is 9.44. The first-order chi connectivity index (χ1) is 9.41. The summed E-state index contributed by atoms with van der Waals surface area (Å²) in [4.78, 5) is 3.63. The first-order valence-electron chi connectivity index (χ1n) is 7.15. The van der Waals surface area contributed by atoms with Gasteiger partial charge in [0.05, 0.1) is 0 Å². The number of para-hydroxylation sites is 1. The maximum Gasteiger partial charge on any atom is -1.00 e. The fraction of sp³-hybridized carbons (Fsp3) is 0.333. The van der Waals surface area contributed by atoms with Gasteiger partial charge in [0.15, 0.2) is 0 Å². The van der Waals surface area contributed by atoms with Gasteiger partial charge in [0.2, 0.25) is 0 Å². The second-order valence-electron chi connectivity index (χ2n) is 6.27. The van der Waals surface area contributed by atoms with E-state index in [2.05, 4.69) is 69.9 Å². The molecule has 0 radical (unpaired) electrons. The van der Waals surface area contributed by atoms with Crippen molar-refractivity contribution < 1.29 is 48.0 Å². The monoisotopic (exact) mass is 411 g/mol. The van der Waals surface area contributed by atoms with Gasteiger partial charge in [-0.1, -0.05) is 0 Å². The predicted molar refractivity (Wildman–Crippen MR) is 82.8 cm³/mol. The molecule has 0 aliphatic heterocycles. The molecule has 0 atom stereocenters.